The molecular weight excluding hydrogens is 544 g/mol. The molecule has 0 radical (unpaired) electrons. The Hall–Kier alpha value is -4.97. The van der Waals surface area contributed by atoms with E-state index in [0.29, 0.717) is 23.1 Å². The van der Waals surface area contributed by atoms with Crippen molar-refractivity contribution in [1.29, 1.82) is 0 Å². The second kappa shape index (κ2) is 9.89. The maximum Gasteiger partial charge on any atom is 0.411 e. The maximum absolute atomic E-state index is 12.4. The number of thiazole rings is 1. The molecule has 0 fully saturated rings. The summed E-state index contributed by atoms with van der Waals surface area (Å²) in [5.74, 6) is 1.68. The molecular formula is C29H24N6O5S. The third kappa shape index (κ3) is 4.61. The second-order valence-electron chi connectivity index (χ2n) is 9.72. The van der Waals surface area contributed by atoms with Crippen molar-refractivity contribution in [2.24, 2.45) is 0 Å². The Morgan fingerprint density at radius 2 is 2.05 bits per heavy atom. The minimum atomic E-state index is -0.596. The van der Waals surface area contributed by atoms with Gasteiger partial charge in [-0.2, -0.15) is 0 Å². The van der Waals surface area contributed by atoms with Gasteiger partial charge in [0, 0.05) is 17.1 Å². The number of aromatic amines is 1. The van der Waals surface area contributed by atoms with Gasteiger partial charge in [0.15, 0.2) is 17.6 Å². The molecule has 5 heterocycles. The monoisotopic (exact) mass is 568 g/mol. The van der Waals surface area contributed by atoms with E-state index in [1.54, 1.807) is 25.7 Å². The van der Waals surface area contributed by atoms with Gasteiger partial charge in [-0.1, -0.05) is 0 Å². The molecule has 11 nitrogen and oxygen atoms in total. The Morgan fingerprint density at radius 1 is 1.15 bits per heavy atom. The molecule has 2 N–H and O–H groups in total. The molecule has 0 saturated heterocycles. The number of carbonyl (C=O) groups is 1. The van der Waals surface area contributed by atoms with E-state index in [2.05, 4.69) is 31.3 Å². The van der Waals surface area contributed by atoms with E-state index in [0.717, 1.165) is 54.0 Å². The van der Waals surface area contributed by atoms with Crippen LogP contribution >= 0.6 is 11.3 Å². The fraction of sp³-hybridized carbons (Fsp3) is 0.207. The molecule has 6 aromatic rings. The standard InChI is InChI=1S/C29H24N6O5S/c1-14-6-19(24-20(7-14)34-22(37-3)11-31-24)28-35-23-15(2)8-21-25(26(23)41-28)38-12-18(40-21)13-39-29(36)33-17-9-16-4-5-30-27(16)32-10-17/h4-11,18H,12-13H2,1-3H3,(H,30,32)(H,33,36). The number of anilines is 1. The van der Waals surface area contributed by atoms with Gasteiger partial charge in [0.05, 0.1) is 41.7 Å². The number of pyridine rings is 1. The number of benzene rings is 2. The number of H-pyrrole nitrogens is 1. The topological polar surface area (TPSA) is 133 Å². The average molecular weight is 569 g/mol. The third-order valence-electron chi connectivity index (χ3n) is 6.74. The van der Waals surface area contributed by atoms with E-state index in [1.165, 1.54) is 11.3 Å². The molecule has 1 aliphatic heterocycles. The number of ether oxygens (including phenoxy) is 4. The minimum Gasteiger partial charge on any atom is -0.484 e. The van der Waals surface area contributed by atoms with Gasteiger partial charge in [-0.05, 0) is 55.3 Å². The first-order valence-corrected chi connectivity index (χ1v) is 13.7. The molecule has 0 bridgehead atoms. The second-order valence-corrected chi connectivity index (χ2v) is 10.7. The van der Waals surface area contributed by atoms with Gasteiger partial charge < -0.3 is 23.9 Å². The van der Waals surface area contributed by atoms with E-state index in [1.807, 2.05) is 38.1 Å². The number of hydrogen-bond acceptors (Lipinski definition) is 10. The predicted octanol–water partition coefficient (Wildman–Crippen LogP) is 5.80. The number of methoxy groups -OCH3 is 1. The van der Waals surface area contributed by atoms with Crippen molar-refractivity contribution in [3.63, 3.8) is 0 Å². The van der Waals surface area contributed by atoms with Crippen LogP contribution in [0.2, 0.25) is 0 Å². The number of amides is 1. The van der Waals surface area contributed by atoms with Crippen LogP contribution in [0.3, 0.4) is 0 Å². The van der Waals surface area contributed by atoms with Crippen LogP contribution < -0.4 is 19.5 Å². The zero-order chi connectivity index (χ0) is 28.1. The van der Waals surface area contributed by atoms with Gasteiger partial charge in [-0.25, -0.2) is 24.7 Å². The van der Waals surface area contributed by atoms with Gasteiger partial charge in [0.25, 0.3) is 0 Å². The normalized spacial score (nSPS) is 14.5. The minimum absolute atomic E-state index is 0.0214. The lowest BCUT2D eigenvalue weighted by Gasteiger charge is -2.26. The number of rotatable bonds is 5. The number of carbonyl (C=O) groups excluding carboxylic acids is 1. The summed E-state index contributed by atoms with van der Waals surface area (Å²) in [4.78, 5) is 33.8. The van der Waals surface area contributed by atoms with Crippen molar-refractivity contribution in [2.75, 3.05) is 25.6 Å². The van der Waals surface area contributed by atoms with Gasteiger partial charge >= 0.3 is 6.09 Å². The lowest BCUT2D eigenvalue weighted by Crippen LogP contribution is -2.35. The average Bonchev–Trinajstić information content (AvgIpc) is 3.63. The summed E-state index contributed by atoms with van der Waals surface area (Å²) in [5.41, 5.74) is 6.49. The fourth-order valence-electron chi connectivity index (χ4n) is 4.84. The number of nitrogens with one attached hydrogen (secondary N) is 2. The van der Waals surface area contributed by atoms with Crippen LogP contribution in [0, 0.1) is 13.8 Å². The van der Waals surface area contributed by atoms with Crippen LogP contribution in [0.5, 0.6) is 17.4 Å². The highest BCUT2D eigenvalue weighted by atomic mass is 32.1. The number of aryl methyl sites for hydroxylation is 2. The predicted molar refractivity (Wildman–Crippen MR) is 155 cm³/mol. The van der Waals surface area contributed by atoms with Crippen molar-refractivity contribution < 1.29 is 23.7 Å². The number of fused-ring (bicyclic) bond motifs is 5. The maximum atomic E-state index is 12.4. The molecule has 0 saturated carbocycles. The van der Waals surface area contributed by atoms with Crippen LogP contribution in [0.15, 0.2) is 48.9 Å². The highest BCUT2D eigenvalue weighted by Gasteiger charge is 2.27. The van der Waals surface area contributed by atoms with Crippen LogP contribution in [0.25, 0.3) is 42.9 Å². The zero-order valence-electron chi connectivity index (χ0n) is 22.3. The third-order valence-corrected chi connectivity index (χ3v) is 7.83. The van der Waals surface area contributed by atoms with E-state index >= 15 is 0 Å². The molecule has 1 unspecified atom stereocenters. The van der Waals surface area contributed by atoms with Crippen molar-refractivity contribution >= 4 is 55.4 Å². The first-order chi connectivity index (χ1) is 19.9. The number of nitrogens with zero attached hydrogens (tertiary/aromatic N) is 4. The Bertz CT molecular complexity index is 1970. The van der Waals surface area contributed by atoms with E-state index in [4.69, 9.17) is 23.9 Å². The summed E-state index contributed by atoms with van der Waals surface area (Å²) in [6.07, 6.45) is 3.90. The van der Waals surface area contributed by atoms with Crippen LogP contribution in [-0.4, -0.2) is 57.4 Å². The van der Waals surface area contributed by atoms with Gasteiger partial charge in [0.1, 0.15) is 28.6 Å². The van der Waals surface area contributed by atoms with Crippen LogP contribution in [0.1, 0.15) is 11.1 Å². The Labute approximate surface area is 237 Å². The molecule has 1 amide bonds. The Kier molecular flexibility index (Phi) is 6.04. The van der Waals surface area contributed by atoms with Crippen LogP contribution in [-0.2, 0) is 4.74 Å². The SMILES string of the molecule is COc1cnc2c(-c3nc4c(C)cc5c(c4s3)OCC(COC(=O)Nc3cnc4[nH]ccc4c3)O5)cc(C)cc2n1. The molecule has 7 rings (SSSR count). The quantitative estimate of drug-likeness (QED) is 0.265. The molecule has 0 aliphatic carbocycles. The van der Waals surface area contributed by atoms with Gasteiger partial charge in [0.2, 0.25) is 5.88 Å². The van der Waals surface area contributed by atoms with Gasteiger partial charge in [-0.15, -0.1) is 11.3 Å². The molecule has 41 heavy (non-hydrogen) atoms. The smallest absolute Gasteiger partial charge is 0.411 e. The van der Waals surface area contributed by atoms with Crippen molar-refractivity contribution in [2.45, 2.75) is 20.0 Å². The summed E-state index contributed by atoms with van der Waals surface area (Å²) < 4.78 is 23.9. The van der Waals surface area contributed by atoms with Crippen molar-refractivity contribution in [3.05, 3.63) is 60.0 Å². The highest BCUT2D eigenvalue weighted by Crippen LogP contribution is 2.46. The Morgan fingerprint density at radius 3 is 2.93 bits per heavy atom. The van der Waals surface area contributed by atoms with E-state index in [9.17, 15) is 4.79 Å². The summed E-state index contributed by atoms with van der Waals surface area (Å²) in [5, 5.41) is 4.40. The molecule has 0 spiro atoms. The number of hydrogen-bond donors (Lipinski definition) is 2. The molecule has 4 aromatic heterocycles. The van der Waals surface area contributed by atoms with E-state index in [-0.39, 0.29) is 13.2 Å². The molecule has 12 heteroatoms. The highest BCUT2D eigenvalue weighted by molar-refractivity contribution is 7.22. The van der Waals surface area contributed by atoms with Crippen molar-refractivity contribution in [3.8, 4) is 28.0 Å². The molecule has 2 aromatic carbocycles. The lowest BCUT2D eigenvalue weighted by molar-refractivity contribution is 0.0383. The zero-order valence-corrected chi connectivity index (χ0v) is 23.2. The van der Waals surface area contributed by atoms with Crippen LogP contribution in [0.4, 0.5) is 10.5 Å². The van der Waals surface area contributed by atoms with E-state index < -0.39 is 12.2 Å². The fourth-order valence-corrected chi connectivity index (χ4v) is 5.99. The summed E-state index contributed by atoms with van der Waals surface area (Å²) >= 11 is 1.52. The molecule has 1 atom stereocenters. The van der Waals surface area contributed by atoms with Crippen molar-refractivity contribution in [1.82, 2.24) is 24.9 Å². The summed E-state index contributed by atoms with van der Waals surface area (Å²) in [6, 6.07) is 9.64. The summed E-state index contributed by atoms with van der Waals surface area (Å²) in [6.45, 7) is 4.24. The molecule has 1 aliphatic rings. The Balaban J connectivity index is 1.11. The number of aromatic nitrogens is 5. The first kappa shape index (κ1) is 25.0. The van der Waals surface area contributed by atoms with Gasteiger partial charge in [-0.3, -0.25) is 5.32 Å². The largest absolute Gasteiger partial charge is 0.484 e. The first-order valence-electron chi connectivity index (χ1n) is 12.9. The molecule has 206 valence electrons. The summed E-state index contributed by atoms with van der Waals surface area (Å²) in [7, 11) is 1.57. The lowest BCUT2D eigenvalue weighted by atomic mass is 10.1.